The Kier molecular flexibility index (Phi) is 3.78. The highest BCUT2D eigenvalue weighted by Crippen LogP contribution is 2.60. The number of hydrogen-bond donors (Lipinski definition) is 1. The zero-order valence-electron chi connectivity index (χ0n) is 11.8. The third-order valence-electron chi connectivity index (χ3n) is 5.54. The molecule has 0 aliphatic heterocycles. The Bertz CT molecular complexity index is 320. The van der Waals surface area contributed by atoms with Gasteiger partial charge < -0.3 is 5.11 Å². The number of rotatable bonds is 5. The van der Waals surface area contributed by atoms with Crippen molar-refractivity contribution in [3.8, 4) is 0 Å². The van der Waals surface area contributed by atoms with Gasteiger partial charge in [0, 0.05) is 13.1 Å². The minimum atomic E-state index is -4.17. The second-order valence-electron chi connectivity index (χ2n) is 7.47. The first kappa shape index (κ1) is 14.6. The van der Waals surface area contributed by atoms with Gasteiger partial charge in [-0.3, -0.25) is 4.90 Å². The van der Waals surface area contributed by atoms with Gasteiger partial charge in [0.05, 0.1) is 13.2 Å². The number of nitrogens with zero attached hydrogens (tertiary/aromatic N) is 1. The first-order valence-corrected chi connectivity index (χ1v) is 7.77. The number of hydrogen-bond acceptors (Lipinski definition) is 2. The molecule has 5 heteroatoms. The molecule has 0 aromatic heterocycles. The molecular formula is C15H24F3NO. The molecule has 0 saturated heterocycles. The lowest BCUT2D eigenvalue weighted by Gasteiger charge is -2.58. The average Bonchev–Trinajstić information content (AvgIpc) is 2.23. The average molecular weight is 291 g/mol. The molecule has 20 heavy (non-hydrogen) atoms. The van der Waals surface area contributed by atoms with Crippen LogP contribution in [-0.4, -0.2) is 42.4 Å². The fourth-order valence-electron chi connectivity index (χ4n) is 5.57. The van der Waals surface area contributed by atoms with Gasteiger partial charge in [0.15, 0.2) is 0 Å². The van der Waals surface area contributed by atoms with E-state index in [9.17, 15) is 13.2 Å². The van der Waals surface area contributed by atoms with Crippen LogP contribution in [-0.2, 0) is 0 Å². The fraction of sp³-hybridized carbons (Fsp3) is 1.00. The van der Waals surface area contributed by atoms with Crippen molar-refractivity contribution in [1.82, 2.24) is 4.90 Å². The summed E-state index contributed by atoms with van der Waals surface area (Å²) in [4.78, 5) is 1.44. The zero-order chi connectivity index (χ0) is 14.4. The van der Waals surface area contributed by atoms with Crippen LogP contribution in [0.25, 0.3) is 0 Å². The van der Waals surface area contributed by atoms with Crippen LogP contribution in [0.3, 0.4) is 0 Å². The van der Waals surface area contributed by atoms with Gasteiger partial charge in [0.25, 0.3) is 0 Å². The Morgan fingerprint density at radius 2 is 1.50 bits per heavy atom. The highest BCUT2D eigenvalue weighted by Gasteiger charge is 2.51. The Morgan fingerprint density at radius 1 is 1.00 bits per heavy atom. The third kappa shape index (κ3) is 3.14. The molecule has 0 amide bonds. The smallest absolute Gasteiger partial charge is 0.395 e. The van der Waals surface area contributed by atoms with E-state index in [4.69, 9.17) is 5.11 Å². The molecule has 0 aromatic carbocycles. The van der Waals surface area contributed by atoms with E-state index < -0.39 is 12.7 Å². The van der Waals surface area contributed by atoms with Crippen molar-refractivity contribution in [1.29, 1.82) is 0 Å². The predicted molar refractivity (Wildman–Crippen MR) is 70.2 cm³/mol. The van der Waals surface area contributed by atoms with Crippen molar-refractivity contribution in [2.75, 3.05) is 26.2 Å². The SMILES string of the molecule is OCCN(CC(F)(F)F)CC12CC3CC(CC(C3)C1)C2. The standard InChI is InChI=1S/C15H24F3NO/c16-15(17,18)10-19(1-2-20)9-14-6-11-3-12(7-14)5-13(4-11)8-14/h11-13,20H,1-10H2. The summed E-state index contributed by atoms with van der Waals surface area (Å²) in [6.45, 7) is -0.407. The second kappa shape index (κ2) is 5.16. The van der Waals surface area contributed by atoms with Gasteiger partial charge in [-0.1, -0.05) is 0 Å². The summed E-state index contributed by atoms with van der Waals surface area (Å²) in [5, 5.41) is 9.04. The highest BCUT2D eigenvalue weighted by atomic mass is 19.4. The van der Waals surface area contributed by atoms with Crippen LogP contribution in [0, 0.1) is 23.2 Å². The number of halogens is 3. The lowest BCUT2D eigenvalue weighted by Crippen LogP contribution is -2.52. The van der Waals surface area contributed by atoms with E-state index in [-0.39, 0.29) is 18.6 Å². The molecule has 0 radical (unpaired) electrons. The van der Waals surface area contributed by atoms with E-state index in [2.05, 4.69) is 0 Å². The molecule has 4 aliphatic carbocycles. The van der Waals surface area contributed by atoms with Gasteiger partial charge in [0.1, 0.15) is 0 Å². The maximum Gasteiger partial charge on any atom is 0.401 e. The van der Waals surface area contributed by atoms with Gasteiger partial charge in [-0.05, 0) is 61.7 Å². The molecule has 0 spiro atoms. The highest BCUT2D eigenvalue weighted by molar-refractivity contribution is 5.02. The number of alkyl halides is 3. The molecule has 0 heterocycles. The molecule has 4 fully saturated rings. The molecule has 0 unspecified atom stereocenters. The van der Waals surface area contributed by atoms with Gasteiger partial charge in [-0.25, -0.2) is 0 Å². The molecule has 4 saturated carbocycles. The summed E-state index contributed by atoms with van der Waals surface area (Å²) in [6.07, 6.45) is 3.07. The Hall–Kier alpha value is -0.290. The fourth-order valence-corrected chi connectivity index (χ4v) is 5.57. The summed E-state index contributed by atoms with van der Waals surface area (Å²) in [5.41, 5.74) is 0.106. The first-order valence-electron chi connectivity index (χ1n) is 7.77. The summed E-state index contributed by atoms with van der Waals surface area (Å²) >= 11 is 0. The van der Waals surface area contributed by atoms with Crippen LogP contribution in [0.5, 0.6) is 0 Å². The lowest BCUT2D eigenvalue weighted by molar-refractivity contribution is -0.156. The maximum atomic E-state index is 12.7. The number of aliphatic hydroxyl groups excluding tert-OH is 1. The maximum absolute atomic E-state index is 12.7. The van der Waals surface area contributed by atoms with E-state index in [1.165, 1.54) is 24.2 Å². The van der Waals surface area contributed by atoms with Crippen LogP contribution in [0.1, 0.15) is 38.5 Å². The first-order chi connectivity index (χ1) is 9.37. The van der Waals surface area contributed by atoms with Crippen LogP contribution in [0.2, 0.25) is 0 Å². The van der Waals surface area contributed by atoms with Crippen molar-refractivity contribution < 1.29 is 18.3 Å². The molecule has 0 atom stereocenters. The summed E-state index contributed by atoms with van der Waals surface area (Å²) in [5.74, 6) is 2.26. The van der Waals surface area contributed by atoms with Crippen molar-refractivity contribution >= 4 is 0 Å². The van der Waals surface area contributed by atoms with Crippen molar-refractivity contribution in [2.45, 2.75) is 44.7 Å². The molecular weight excluding hydrogens is 267 g/mol. The molecule has 1 N–H and O–H groups in total. The zero-order valence-corrected chi connectivity index (χ0v) is 11.8. The van der Waals surface area contributed by atoms with E-state index in [1.807, 2.05) is 0 Å². The predicted octanol–water partition coefficient (Wildman–Crippen LogP) is 3.06. The van der Waals surface area contributed by atoms with E-state index in [0.717, 1.165) is 37.0 Å². The van der Waals surface area contributed by atoms with Gasteiger partial charge in [0.2, 0.25) is 0 Å². The Morgan fingerprint density at radius 3 is 1.90 bits per heavy atom. The Labute approximate surface area is 118 Å². The largest absolute Gasteiger partial charge is 0.401 e. The lowest BCUT2D eigenvalue weighted by atomic mass is 9.49. The van der Waals surface area contributed by atoms with E-state index in [1.54, 1.807) is 0 Å². The molecule has 2 nitrogen and oxygen atoms in total. The monoisotopic (exact) mass is 291 g/mol. The van der Waals surface area contributed by atoms with Crippen LogP contribution < -0.4 is 0 Å². The van der Waals surface area contributed by atoms with Crippen molar-refractivity contribution in [2.24, 2.45) is 23.2 Å². The minimum absolute atomic E-state index is 0.106. The normalized spacial score (nSPS) is 39.8. The summed E-state index contributed by atoms with van der Waals surface area (Å²) in [6, 6.07) is 0. The minimum Gasteiger partial charge on any atom is -0.395 e. The molecule has 4 rings (SSSR count). The topological polar surface area (TPSA) is 23.5 Å². The van der Waals surface area contributed by atoms with Crippen LogP contribution in [0.15, 0.2) is 0 Å². The Balaban J connectivity index is 1.68. The molecule has 116 valence electrons. The quantitative estimate of drug-likeness (QED) is 0.841. The van der Waals surface area contributed by atoms with E-state index in [0.29, 0.717) is 6.54 Å². The summed E-state index contributed by atoms with van der Waals surface area (Å²) < 4.78 is 38.0. The van der Waals surface area contributed by atoms with Crippen molar-refractivity contribution in [3.05, 3.63) is 0 Å². The third-order valence-corrected chi connectivity index (χ3v) is 5.54. The van der Waals surface area contributed by atoms with Gasteiger partial charge >= 0.3 is 6.18 Å². The van der Waals surface area contributed by atoms with Crippen molar-refractivity contribution in [3.63, 3.8) is 0 Å². The summed E-state index contributed by atoms with van der Waals surface area (Å²) in [7, 11) is 0. The second-order valence-corrected chi connectivity index (χ2v) is 7.47. The van der Waals surface area contributed by atoms with Crippen LogP contribution in [0.4, 0.5) is 13.2 Å². The van der Waals surface area contributed by atoms with Crippen LogP contribution >= 0.6 is 0 Å². The van der Waals surface area contributed by atoms with Gasteiger partial charge in [-0.2, -0.15) is 13.2 Å². The van der Waals surface area contributed by atoms with E-state index >= 15 is 0 Å². The number of aliphatic hydroxyl groups is 1. The molecule has 4 aliphatic rings. The van der Waals surface area contributed by atoms with Gasteiger partial charge in [-0.15, -0.1) is 0 Å². The molecule has 4 bridgehead atoms. The molecule has 0 aromatic rings.